The Morgan fingerprint density at radius 3 is 2.69 bits per heavy atom. The molecule has 1 N–H and O–H groups in total. The Hall–Kier alpha value is -1.40. The average molecular weight is 217 g/mol. The number of hydrogen-bond acceptors (Lipinski definition) is 3. The van der Waals surface area contributed by atoms with E-state index in [1.807, 2.05) is 6.92 Å². The summed E-state index contributed by atoms with van der Waals surface area (Å²) in [6.45, 7) is 6.20. The van der Waals surface area contributed by atoms with Crippen molar-refractivity contribution in [3.63, 3.8) is 0 Å². The third-order valence-electron chi connectivity index (χ3n) is 2.67. The Morgan fingerprint density at radius 2 is 2.12 bits per heavy atom. The van der Waals surface area contributed by atoms with E-state index in [1.165, 1.54) is 0 Å². The van der Waals surface area contributed by atoms with E-state index in [2.05, 4.69) is 35.1 Å². The van der Waals surface area contributed by atoms with Gasteiger partial charge in [0.15, 0.2) is 0 Å². The van der Waals surface area contributed by atoms with Gasteiger partial charge in [0.2, 0.25) is 0 Å². The van der Waals surface area contributed by atoms with Crippen molar-refractivity contribution < 1.29 is 0 Å². The molecule has 0 saturated heterocycles. The number of aryl methyl sites for hydroxylation is 1. The Kier molecular flexibility index (Phi) is 4.94. The quantitative estimate of drug-likeness (QED) is 0.769. The van der Waals surface area contributed by atoms with Crippen LogP contribution in [0.2, 0.25) is 0 Å². The highest BCUT2D eigenvalue weighted by Gasteiger charge is 2.14. The second kappa shape index (κ2) is 6.24. The highest BCUT2D eigenvalue weighted by atomic mass is 15.0. The molecule has 1 aromatic rings. The number of rotatable bonds is 5. The van der Waals surface area contributed by atoms with Crippen molar-refractivity contribution in [2.24, 2.45) is 0 Å². The zero-order valence-electron chi connectivity index (χ0n) is 10.2. The maximum absolute atomic E-state index is 5.33. The van der Waals surface area contributed by atoms with Gasteiger partial charge in [0.1, 0.15) is 0 Å². The molecule has 2 atom stereocenters. The van der Waals surface area contributed by atoms with E-state index in [0.29, 0.717) is 6.04 Å². The number of hydrogen-bond donors (Lipinski definition) is 1. The van der Waals surface area contributed by atoms with Gasteiger partial charge in [0, 0.05) is 30.9 Å². The lowest BCUT2D eigenvalue weighted by atomic mass is 10.1. The fourth-order valence-corrected chi connectivity index (χ4v) is 1.74. The molecule has 0 aliphatic carbocycles. The number of nitrogens with zero attached hydrogens (tertiary/aromatic N) is 2. The zero-order chi connectivity index (χ0) is 12.0. The molecule has 0 spiro atoms. The van der Waals surface area contributed by atoms with Gasteiger partial charge in [-0.15, -0.1) is 12.3 Å². The molecular weight excluding hydrogens is 198 g/mol. The van der Waals surface area contributed by atoms with Crippen LogP contribution in [0.3, 0.4) is 0 Å². The maximum atomic E-state index is 5.33. The van der Waals surface area contributed by atoms with E-state index in [-0.39, 0.29) is 6.04 Å². The molecule has 1 aromatic heterocycles. The van der Waals surface area contributed by atoms with Gasteiger partial charge in [-0.1, -0.05) is 6.92 Å². The molecule has 0 radical (unpaired) electrons. The normalized spacial score (nSPS) is 14.1. The maximum Gasteiger partial charge on any atom is 0.0782 e. The summed E-state index contributed by atoms with van der Waals surface area (Å²) in [6, 6.07) is 0.536. The average Bonchev–Trinajstić information content (AvgIpc) is 2.28. The fourth-order valence-electron chi connectivity index (χ4n) is 1.74. The SMILES string of the molecule is C#CCC(CC)NC(C)c1nccnc1C. The van der Waals surface area contributed by atoms with Crippen molar-refractivity contribution in [3.05, 3.63) is 23.8 Å². The van der Waals surface area contributed by atoms with E-state index >= 15 is 0 Å². The van der Waals surface area contributed by atoms with Gasteiger partial charge in [0.25, 0.3) is 0 Å². The lowest BCUT2D eigenvalue weighted by Crippen LogP contribution is -2.31. The molecule has 0 bridgehead atoms. The highest BCUT2D eigenvalue weighted by molar-refractivity contribution is 5.12. The van der Waals surface area contributed by atoms with Crippen LogP contribution in [-0.2, 0) is 0 Å². The standard InChI is InChI=1S/C13H19N3/c1-5-7-12(6-2)16-11(4)13-10(3)14-8-9-15-13/h1,8-9,11-12,16H,6-7H2,2-4H3. The van der Waals surface area contributed by atoms with Crippen LogP contribution in [0.5, 0.6) is 0 Å². The van der Waals surface area contributed by atoms with Crippen LogP contribution in [0.15, 0.2) is 12.4 Å². The molecule has 0 amide bonds. The molecule has 0 aliphatic rings. The van der Waals surface area contributed by atoms with Gasteiger partial charge >= 0.3 is 0 Å². The predicted octanol–water partition coefficient (Wildman–Crippen LogP) is 2.24. The molecule has 1 rings (SSSR count). The summed E-state index contributed by atoms with van der Waals surface area (Å²) in [4.78, 5) is 8.59. The monoisotopic (exact) mass is 217 g/mol. The van der Waals surface area contributed by atoms with Crippen molar-refractivity contribution in [3.8, 4) is 12.3 Å². The van der Waals surface area contributed by atoms with E-state index in [0.717, 1.165) is 24.2 Å². The first-order chi connectivity index (χ1) is 7.69. The van der Waals surface area contributed by atoms with Crippen molar-refractivity contribution in [1.82, 2.24) is 15.3 Å². The second-order valence-electron chi connectivity index (χ2n) is 3.93. The van der Waals surface area contributed by atoms with E-state index in [4.69, 9.17) is 6.42 Å². The Bertz CT molecular complexity index is 368. The minimum atomic E-state index is 0.187. The van der Waals surface area contributed by atoms with Crippen molar-refractivity contribution >= 4 is 0 Å². The van der Waals surface area contributed by atoms with Crippen LogP contribution in [0.4, 0.5) is 0 Å². The van der Waals surface area contributed by atoms with Crippen LogP contribution >= 0.6 is 0 Å². The number of terminal acetylenes is 1. The molecule has 0 fully saturated rings. The topological polar surface area (TPSA) is 37.8 Å². The first-order valence-electron chi connectivity index (χ1n) is 5.66. The van der Waals surface area contributed by atoms with Crippen molar-refractivity contribution in [2.45, 2.75) is 45.7 Å². The highest BCUT2D eigenvalue weighted by Crippen LogP contribution is 2.13. The smallest absolute Gasteiger partial charge is 0.0782 e. The van der Waals surface area contributed by atoms with Crippen LogP contribution in [0, 0.1) is 19.3 Å². The molecule has 0 aliphatic heterocycles. The summed E-state index contributed by atoms with van der Waals surface area (Å²) in [5.41, 5.74) is 1.97. The summed E-state index contributed by atoms with van der Waals surface area (Å²) in [6.07, 6.45) is 10.5. The van der Waals surface area contributed by atoms with Crippen molar-refractivity contribution in [2.75, 3.05) is 0 Å². The predicted molar refractivity (Wildman–Crippen MR) is 65.8 cm³/mol. The Labute approximate surface area is 97.7 Å². The van der Waals surface area contributed by atoms with Gasteiger partial charge in [-0.2, -0.15) is 0 Å². The third-order valence-corrected chi connectivity index (χ3v) is 2.67. The van der Waals surface area contributed by atoms with Gasteiger partial charge in [-0.3, -0.25) is 9.97 Å². The van der Waals surface area contributed by atoms with E-state index < -0.39 is 0 Å². The van der Waals surface area contributed by atoms with E-state index in [9.17, 15) is 0 Å². The first kappa shape index (κ1) is 12.7. The number of nitrogens with one attached hydrogen (secondary N) is 1. The number of aromatic nitrogens is 2. The summed E-state index contributed by atoms with van der Waals surface area (Å²) in [5, 5.41) is 3.48. The third kappa shape index (κ3) is 3.32. The summed E-state index contributed by atoms with van der Waals surface area (Å²) in [7, 11) is 0. The molecule has 16 heavy (non-hydrogen) atoms. The van der Waals surface area contributed by atoms with E-state index in [1.54, 1.807) is 12.4 Å². The molecule has 1 heterocycles. The van der Waals surface area contributed by atoms with Gasteiger partial charge < -0.3 is 5.32 Å². The summed E-state index contributed by atoms with van der Waals surface area (Å²) >= 11 is 0. The van der Waals surface area contributed by atoms with Gasteiger partial charge in [-0.05, 0) is 20.3 Å². The van der Waals surface area contributed by atoms with Crippen LogP contribution in [-0.4, -0.2) is 16.0 Å². The Balaban J connectivity index is 2.68. The van der Waals surface area contributed by atoms with Crippen molar-refractivity contribution in [1.29, 1.82) is 0 Å². The molecule has 86 valence electrons. The fraction of sp³-hybridized carbons (Fsp3) is 0.538. The van der Waals surface area contributed by atoms with Crippen LogP contribution in [0.1, 0.15) is 44.1 Å². The molecule has 0 saturated carbocycles. The van der Waals surface area contributed by atoms with Gasteiger partial charge in [0.05, 0.1) is 11.4 Å². The molecule has 0 aromatic carbocycles. The summed E-state index contributed by atoms with van der Waals surface area (Å²) in [5.74, 6) is 2.69. The minimum absolute atomic E-state index is 0.187. The molecule has 3 heteroatoms. The van der Waals surface area contributed by atoms with Crippen LogP contribution < -0.4 is 5.32 Å². The molecule has 3 nitrogen and oxygen atoms in total. The summed E-state index contributed by atoms with van der Waals surface area (Å²) < 4.78 is 0. The molecular formula is C13H19N3. The zero-order valence-corrected chi connectivity index (χ0v) is 10.2. The molecule has 2 unspecified atom stereocenters. The lowest BCUT2D eigenvalue weighted by molar-refractivity contribution is 0.441. The Morgan fingerprint density at radius 1 is 1.44 bits per heavy atom. The minimum Gasteiger partial charge on any atom is -0.305 e. The van der Waals surface area contributed by atoms with Crippen LogP contribution in [0.25, 0.3) is 0 Å². The first-order valence-corrected chi connectivity index (χ1v) is 5.66. The lowest BCUT2D eigenvalue weighted by Gasteiger charge is -2.20. The van der Waals surface area contributed by atoms with Gasteiger partial charge in [-0.25, -0.2) is 0 Å². The second-order valence-corrected chi connectivity index (χ2v) is 3.93. The largest absolute Gasteiger partial charge is 0.305 e.